The fourth-order valence-corrected chi connectivity index (χ4v) is 2.17. The number of methoxy groups -OCH3 is 1. The van der Waals surface area contributed by atoms with Gasteiger partial charge in [0.25, 0.3) is 0 Å². The molecule has 1 atom stereocenters. The Bertz CT molecular complexity index is 518. The van der Waals surface area contributed by atoms with E-state index in [-0.39, 0.29) is 6.10 Å². The van der Waals surface area contributed by atoms with Crippen LogP contribution in [-0.4, -0.2) is 25.3 Å². The second-order valence-electron chi connectivity index (χ2n) is 4.76. The van der Waals surface area contributed by atoms with Crippen LogP contribution in [0.25, 0.3) is 0 Å². The topological polar surface area (TPSA) is 47.6 Å². The average Bonchev–Trinajstić information content (AvgIpc) is 2.39. The minimum Gasteiger partial charge on any atom is -0.500 e. The van der Waals surface area contributed by atoms with Crippen LogP contribution in [0, 0.1) is 0 Å². The van der Waals surface area contributed by atoms with E-state index < -0.39 is 12.1 Å². The largest absolute Gasteiger partial charge is 0.500 e. The van der Waals surface area contributed by atoms with E-state index in [1.165, 1.54) is 7.11 Å². The van der Waals surface area contributed by atoms with E-state index >= 15 is 0 Å². The van der Waals surface area contributed by atoms with Crippen molar-refractivity contribution in [2.75, 3.05) is 7.11 Å². The lowest BCUT2D eigenvalue weighted by molar-refractivity contribution is 0.110. The number of carbonyl (C=O) groups is 1. The van der Waals surface area contributed by atoms with Crippen LogP contribution in [0.4, 0.5) is 4.79 Å². The molecule has 21 heavy (non-hydrogen) atoms. The van der Waals surface area contributed by atoms with Gasteiger partial charge in [-0.3, -0.25) is 0 Å². The fraction of sp³-hybridized carbons (Fsp3) is 0.400. The normalized spacial score (nSPS) is 11.9. The highest BCUT2D eigenvalue weighted by Crippen LogP contribution is 2.23. The Morgan fingerprint density at radius 1 is 1.38 bits per heavy atom. The number of hydrogen-bond acceptors (Lipinski definition) is 3. The van der Waals surface area contributed by atoms with E-state index in [1.54, 1.807) is 32.0 Å². The summed E-state index contributed by atoms with van der Waals surface area (Å²) in [5.41, 5.74) is 0.828. The molecule has 0 saturated heterocycles. The van der Waals surface area contributed by atoms with Crippen molar-refractivity contribution in [1.82, 2.24) is 5.32 Å². The van der Waals surface area contributed by atoms with Crippen LogP contribution in [0.1, 0.15) is 19.4 Å². The number of benzene rings is 1. The molecule has 6 heteroatoms. The highest BCUT2D eigenvalue weighted by Gasteiger charge is 2.19. The summed E-state index contributed by atoms with van der Waals surface area (Å²) >= 11 is 12.0. The van der Waals surface area contributed by atoms with Gasteiger partial charge in [0.05, 0.1) is 19.3 Å². The third kappa shape index (κ3) is 5.86. The first kappa shape index (κ1) is 17.7. The van der Waals surface area contributed by atoms with Crippen molar-refractivity contribution < 1.29 is 14.3 Å². The summed E-state index contributed by atoms with van der Waals surface area (Å²) in [6.07, 6.45) is -0.311. The van der Waals surface area contributed by atoms with Gasteiger partial charge < -0.3 is 14.8 Å². The summed E-state index contributed by atoms with van der Waals surface area (Å²) < 4.78 is 10.2. The van der Waals surface area contributed by atoms with E-state index in [1.807, 2.05) is 0 Å². The Kier molecular flexibility index (Phi) is 6.85. The number of ether oxygens (including phenoxy) is 2. The first-order chi connectivity index (χ1) is 9.83. The molecule has 0 fully saturated rings. The SMILES string of the molecule is C=C(OC)[C@@H](Cc1ccc(Cl)cc1Cl)NC(=O)OC(C)C. The molecule has 0 aliphatic heterocycles. The molecule has 0 bridgehead atoms. The Hall–Kier alpha value is -1.39. The third-order valence-corrected chi connectivity index (χ3v) is 3.31. The van der Waals surface area contributed by atoms with Gasteiger partial charge >= 0.3 is 6.09 Å². The summed E-state index contributed by atoms with van der Waals surface area (Å²) in [7, 11) is 1.49. The summed E-state index contributed by atoms with van der Waals surface area (Å²) in [6.45, 7) is 7.33. The minimum atomic E-state index is -0.529. The van der Waals surface area contributed by atoms with E-state index in [4.69, 9.17) is 32.7 Å². The number of amides is 1. The number of nitrogens with one attached hydrogen (secondary N) is 1. The molecular formula is C15H19Cl2NO3. The molecule has 4 nitrogen and oxygen atoms in total. The molecule has 0 unspecified atom stereocenters. The van der Waals surface area contributed by atoms with Gasteiger partial charge in [0.2, 0.25) is 0 Å². The van der Waals surface area contributed by atoms with Crippen molar-refractivity contribution >= 4 is 29.3 Å². The second-order valence-corrected chi connectivity index (χ2v) is 5.60. The van der Waals surface area contributed by atoms with Crippen molar-refractivity contribution in [3.05, 3.63) is 46.1 Å². The summed E-state index contributed by atoms with van der Waals surface area (Å²) in [5, 5.41) is 3.79. The Balaban J connectivity index is 2.83. The lowest BCUT2D eigenvalue weighted by Crippen LogP contribution is -2.39. The summed E-state index contributed by atoms with van der Waals surface area (Å²) in [6, 6.07) is 4.75. The van der Waals surface area contributed by atoms with Gasteiger partial charge in [-0.15, -0.1) is 0 Å². The van der Waals surface area contributed by atoms with Gasteiger partial charge in [-0.05, 0) is 31.5 Å². The van der Waals surface area contributed by atoms with E-state index in [0.717, 1.165) is 5.56 Å². The average molecular weight is 332 g/mol. The maximum Gasteiger partial charge on any atom is 0.407 e. The fourth-order valence-electron chi connectivity index (χ4n) is 1.69. The van der Waals surface area contributed by atoms with Crippen LogP contribution in [0.5, 0.6) is 0 Å². The molecule has 0 radical (unpaired) electrons. The van der Waals surface area contributed by atoms with Gasteiger partial charge in [-0.2, -0.15) is 0 Å². The molecule has 0 aliphatic rings. The smallest absolute Gasteiger partial charge is 0.407 e. The zero-order valence-electron chi connectivity index (χ0n) is 12.3. The summed E-state index contributed by atoms with van der Waals surface area (Å²) in [5.74, 6) is 0.418. The number of hydrogen-bond donors (Lipinski definition) is 1. The van der Waals surface area contributed by atoms with Crippen LogP contribution in [0.15, 0.2) is 30.5 Å². The first-order valence-corrected chi connectivity index (χ1v) is 7.23. The number of alkyl carbamates (subject to hydrolysis) is 1. The van der Waals surface area contributed by atoms with Crippen LogP contribution >= 0.6 is 23.2 Å². The second kappa shape index (κ2) is 8.15. The van der Waals surface area contributed by atoms with Gasteiger partial charge in [-0.25, -0.2) is 4.79 Å². The lowest BCUT2D eigenvalue weighted by atomic mass is 10.0. The molecule has 1 rings (SSSR count). The molecule has 1 N–H and O–H groups in total. The zero-order valence-corrected chi connectivity index (χ0v) is 13.8. The minimum absolute atomic E-state index is 0.208. The third-order valence-electron chi connectivity index (χ3n) is 2.72. The molecule has 0 spiro atoms. The van der Waals surface area contributed by atoms with Gasteiger partial charge in [-0.1, -0.05) is 35.8 Å². The van der Waals surface area contributed by atoms with Crippen molar-refractivity contribution in [1.29, 1.82) is 0 Å². The van der Waals surface area contributed by atoms with Crippen molar-refractivity contribution in [2.45, 2.75) is 32.4 Å². The number of carbonyl (C=O) groups excluding carboxylic acids is 1. The molecule has 1 amide bonds. The highest BCUT2D eigenvalue weighted by molar-refractivity contribution is 6.35. The Morgan fingerprint density at radius 2 is 2.05 bits per heavy atom. The van der Waals surface area contributed by atoms with E-state index in [9.17, 15) is 4.79 Å². The van der Waals surface area contributed by atoms with Crippen molar-refractivity contribution in [3.63, 3.8) is 0 Å². The molecule has 116 valence electrons. The van der Waals surface area contributed by atoms with Gasteiger partial charge in [0.1, 0.15) is 5.76 Å². The van der Waals surface area contributed by atoms with Crippen molar-refractivity contribution in [2.24, 2.45) is 0 Å². The molecular weight excluding hydrogens is 313 g/mol. The quantitative estimate of drug-likeness (QED) is 0.794. The summed E-state index contributed by atoms with van der Waals surface area (Å²) in [4.78, 5) is 11.7. The molecule has 0 aliphatic carbocycles. The Morgan fingerprint density at radius 3 is 2.57 bits per heavy atom. The zero-order chi connectivity index (χ0) is 16.0. The number of rotatable bonds is 6. The van der Waals surface area contributed by atoms with E-state index in [2.05, 4.69) is 11.9 Å². The predicted molar refractivity (Wildman–Crippen MR) is 84.9 cm³/mol. The van der Waals surface area contributed by atoms with Crippen LogP contribution < -0.4 is 5.32 Å². The lowest BCUT2D eigenvalue weighted by Gasteiger charge is -2.21. The maximum absolute atomic E-state index is 11.7. The highest BCUT2D eigenvalue weighted by atomic mass is 35.5. The van der Waals surface area contributed by atoms with E-state index in [0.29, 0.717) is 22.2 Å². The van der Waals surface area contributed by atoms with Gasteiger partial charge in [0.15, 0.2) is 0 Å². The molecule has 0 aromatic heterocycles. The Labute approximate surface area is 135 Å². The van der Waals surface area contributed by atoms with Crippen LogP contribution in [0.3, 0.4) is 0 Å². The molecule has 1 aromatic carbocycles. The molecule has 1 aromatic rings. The van der Waals surface area contributed by atoms with Crippen LogP contribution in [-0.2, 0) is 15.9 Å². The van der Waals surface area contributed by atoms with Crippen molar-refractivity contribution in [3.8, 4) is 0 Å². The molecule has 0 saturated carbocycles. The standard InChI is InChI=1S/C15H19Cl2NO3/c1-9(2)21-15(19)18-14(10(3)20-4)7-11-5-6-12(16)8-13(11)17/h5-6,8-9,14H,3,7H2,1-2,4H3,(H,18,19)/t14-/m1/s1. The monoisotopic (exact) mass is 331 g/mol. The van der Waals surface area contributed by atoms with Crippen LogP contribution in [0.2, 0.25) is 10.0 Å². The predicted octanol–water partition coefficient (Wildman–Crippen LogP) is 4.20. The maximum atomic E-state index is 11.7. The molecule has 0 heterocycles. The first-order valence-electron chi connectivity index (χ1n) is 6.47. The number of halogens is 2. The van der Waals surface area contributed by atoms with Gasteiger partial charge in [0, 0.05) is 16.5 Å².